The van der Waals surface area contributed by atoms with Gasteiger partial charge in [0, 0.05) is 42.5 Å². The number of nitrogens with one attached hydrogen (secondary N) is 1. The van der Waals surface area contributed by atoms with Gasteiger partial charge in [-0.05, 0) is 48.3 Å². The van der Waals surface area contributed by atoms with Crippen LogP contribution in [0.25, 0.3) is 0 Å². The molecule has 17 heteroatoms. The summed E-state index contributed by atoms with van der Waals surface area (Å²) in [7, 11) is -2.34. The second-order valence-electron chi connectivity index (χ2n) is 13.5. The molecule has 2 amide bonds. The van der Waals surface area contributed by atoms with Crippen LogP contribution in [0.2, 0.25) is 18.1 Å². The van der Waals surface area contributed by atoms with Crippen LogP contribution >= 0.6 is 23.5 Å². The quantitative estimate of drug-likeness (QED) is 0.0910. The van der Waals surface area contributed by atoms with Gasteiger partial charge in [-0.15, -0.1) is 11.8 Å². The molecule has 2 heterocycles. The van der Waals surface area contributed by atoms with Crippen molar-refractivity contribution in [3.63, 3.8) is 0 Å². The van der Waals surface area contributed by atoms with Gasteiger partial charge in [0.25, 0.3) is 11.4 Å². The second kappa shape index (κ2) is 14.5. The van der Waals surface area contributed by atoms with E-state index in [1.165, 1.54) is 64.8 Å². The van der Waals surface area contributed by atoms with Crippen molar-refractivity contribution in [1.29, 1.82) is 0 Å². The Morgan fingerprint density at radius 3 is 2.06 bits per heavy atom. The highest BCUT2D eigenvalue weighted by molar-refractivity contribution is 8.23. The third kappa shape index (κ3) is 8.11. The summed E-state index contributed by atoms with van der Waals surface area (Å²) < 4.78 is 12.3. The fourth-order valence-corrected chi connectivity index (χ4v) is 10.3. The van der Waals surface area contributed by atoms with Crippen LogP contribution < -0.4 is 5.32 Å². The first-order chi connectivity index (χ1) is 22.8. The number of amides is 2. The SMILES string of the molecule is CC(CNC(=O)OCc1ccc([N+](=O)[O-])cc1)SC1=C(C(=O)O)N2C(=O)[C@H]([C@@H](C)O[Si](C)(C)C(C)(C)C)[C@@]2(Cc2ccc([N+](=O)[O-])cc2)S1. The number of carboxylic acid groups (broad SMARTS) is 1. The second-order valence-corrected chi connectivity index (χ2v) is 21.3. The Balaban J connectivity index is 1.52. The van der Waals surface area contributed by atoms with Crippen LogP contribution in [0.4, 0.5) is 16.2 Å². The van der Waals surface area contributed by atoms with E-state index in [0.29, 0.717) is 15.4 Å². The summed E-state index contributed by atoms with van der Waals surface area (Å²) in [4.78, 5) is 60.4. The van der Waals surface area contributed by atoms with E-state index in [-0.39, 0.29) is 52.8 Å². The van der Waals surface area contributed by atoms with Gasteiger partial charge in [-0.3, -0.25) is 29.9 Å². The third-order valence-electron chi connectivity index (χ3n) is 8.96. The summed E-state index contributed by atoms with van der Waals surface area (Å²) >= 11 is 2.49. The van der Waals surface area contributed by atoms with Crippen molar-refractivity contribution >= 4 is 61.2 Å². The van der Waals surface area contributed by atoms with Gasteiger partial charge in [-0.25, -0.2) is 9.59 Å². The van der Waals surface area contributed by atoms with Crippen LogP contribution in [0.1, 0.15) is 45.7 Å². The molecule has 0 saturated carbocycles. The van der Waals surface area contributed by atoms with Gasteiger partial charge < -0.3 is 19.6 Å². The number of fused-ring (bicyclic) bond motifs is 1. The fourth-order valence-electron chi connectivity index (χ4n) is 5.46. The van der Waals surface area contributed by atoms with E-state index in [1.807, 2.05) is 6.92 Å². The van der Waals surface area contributed by atoms with Gasteiger partial charge in [0.15, 0.2) is 14.0 Å². The van der Waals surface area contributed by atoms with Gasteiger partial charge in [0.2, 0.25) is 5.91 Å². The van der Waals surface area contributed by atoms with Gasteiger partial charge in [-0.1, -0.05) is 51.6 Å². The molecule has 2 aromatic carbocycles. The monoisotopic (exact) mass is 732 g/mol. The first-order valence-electron chi connectivity index (χ1n) is 15.5. The number of non-ortho nitro benzene ring substituents is 2. The fraction of sp³-hybridized carbons (Fsp3) is 0.469. The van der Waals surface area contributed by atoms with Gasteiger partial charge >= 0.3 is 12.1 Å². The average molecular weight is 733 g/mol. The summed E-state index contributed by atoms with van der Waals surface area (Å²) in [5, 5.41) is 34.7. The molecule has 264 valence electrons. The molecule has 1 fully saturated rings. The number of alkyl carbamates (subject to hydrolysis) is 1. The Kier molecular flexibility index (Phi) is 11.2. The number of carboxylic acids is 1. The number of nitrogens with zero attached hydrogens (tertiary/aromatic N) is 3. The predicted octanol–water partition coefficient (Wildman–Crippen LogP) is 6.66. The van der Waals surface area contributed by atoms with E-state index in [4.69, 9.17) is 9.16 Å². The number of nitro groups is 2. The molecule has 2 aromatic rings. The Morgan fingerprint density at radius 1 is 1.04 bits per heavy atom. The molecule has 0 aliphatic carbocycles. The molecule has 4 atom stereocenters. The largest absolute Gasteiger partial charge is 0.477 e. The average Bonchev–Trinajstić information content (AvgIpc) is 3.27. The Morgan fingerprint density at radius 2 is 1.57 bits per heavy atom. The summed E-state index contributed by atoms with van der Waals surface area (Å²) in [6.45, 7) is 14.1. The van der Waals surface area contributed by atoms with E-state index in [2.05, 4.69) is 39.2 Å². The van der Waals surface area contributed by atoms with Gasteiger partial charge in [-0.2, -0.15) is 0 Å². The predicted molar refractivity (Wildman–Crippen MR) is 188 cm³/mol. The van der Waals surface area contributed by atoms with Crippen LogP contribution in [-0.4, -0.2) is 68.9 Å². The normalized spacial score (nSPS) is 20.3. The minimum Gasteiger partial charge on any atom is -0.477 e. The van der Waals surface area contributed by atoms with Crippen LogP contribution in [0.3, 0.4) is 0 Å². The highest BCUT2D eigenvalue weighted by atomic mass is 32.2. The molecule has 4 rings (SSSR count). The number of ether oxygens (including phenoxy) is 1. The minimum atomic E-state index is -2.34. The lowest BCUT2D eigenvalue weighted by Crippen LogP contribution is -2.71. The first-order valence-corrected chi connectivity index (χ1v) is 20.1. The van der Waals surface area contributed by atoms with E-state index in [9.17, 15) is 39.7 Å². The summed E-state index contributed by atoms with van der Waals surface area (Å²) in [6.07, 6.45) is -1.04. The van der Waals surface area contributed by atoms with Gasteiger partial charge in [0.1, 0.15) is 11.5 Å². The Bertz CT molecular complexity index is 1660. The van der Waals surface area contributed by atoms with Crippen molar-refractivity contribution in [2.75, 3.05) is 6.54 Å². The summed E-state index contributed by atoms with van der Waals surface area (Å²) in [6, 6.07) is 11.6. The molecule has 14 nitrogen and oxygen atoms in total. The lowest BCUT2D eigenvalue weighted by molar-refractivity contribution is -0.385. The van der Waals surface area contributed by atoms with Gasteiger partial charge in [0.05, 0.1) is 26.1 Å². The highest BCUT2D eigenvalue weighted by Crippen LogP contribution is 2.63. The molecule has 0 aromatic heterocycles. The maximum absolute atomic E-state index is 13.9. The topological polar surface area (TPSA) is 191 Å². The standard InChI is InChI=1S/C32H40N4O10S2Si/c1-19(17-33-30(40)45-18-22-10-14-24(15-11-22)36(43)44)47-29-26(28(38)39)34-27(37)25(20(2)46-49(6,7)31(3,4)5)32(34,48-29)16-21-8-12-23(13-9-21)35(41)42/h8-15,19-20,25H,16-18H2,1-7H3,(H,33,40)(H,38,39)/t19?,20-,25+,32-/m1/s1. The number of nitro benzene ring substituents is 2. The number of rotatable bonds is 14. The van der Waals surface area contributed by atoms with Crippen molar-refractivity contribution < 1.29 is 38.5 Å². The van der Waals surface area contributed by atoms with Crippen molar-refractivity contribution in [3.05, 3.63) is 89.8 Å². The molecular weight excluding hydrogens is 693 g/mol. The van der Waals surface area contributed by atoms with Crippen molar-refractivity contribution in [2.24, 2.45) is 5.92 Å². The molecule has 0 bridgehead atoms. The minimum absolute atomic E-state index is 0.0799. The molecule has 0 spiro atoms. The van der Waals surface area contributed by atoms with Crippen LogP contribution in [0.15, 0.2) is 58.5 Å². The van der Waals surface area contributed by atoms with Crippen LogP contribution in [-0.2, 0) is 31.8 Å². The summed E-state index contributed by atoms with van der Waals surface area (Å²) in [5.41, 5.74) is 0.951. The molecular formula is C32H40N4O10S2Si. The number of carbonyl (C=O) groups excluding carboxylic acids is 2. The lowest BCUT2D eigenvalue weighted by atomic mass is 9.78. The lowest BCUT2D eigenvalue weighted by Gasteiger charge is -2.56. The van der Waals surface area contributed by atoms with Crippen molar-refractivity contribution in [3.8, 4) is 0 Å². The third-order valence-corrected chi connectivity index (χ3v) is 16.4. The zero-order chi connectivity index (χ0) is 36.5. The molecule has 0 radical (unpaired) electrons. The molecule has 1 unspecified atom stereocenters. The van der Waals surface area contributed by atoms with E-state index in [0.717, 1.165) is 0 Å². The number of benzene rings is 2. The molecule has 2 aliphatic rings. The summed E-state index contributed by atoms with van der Waals surface area (Å²) in [5.74, 6) is -2.33. The smallest absolute Gasteiger partial charge is 0.407 e. The number of hydrogen-bond acceptors (Lipinski definition) is 11. The van der Waals surface area contributed by atoms with Crippen molar-refractivity contribution in [2.45, 2.75) is 82.0 Å². The molecule has 2 N–H and O–H groups in total. The number of hydrogen-bond donors (Lipinski definition) is 2. The molecule has 2 aliphatic heterocycles. The number of aliphatic carboxylic acids is 1. The van der Waals surface area contributed by atoms with E-state index in [1.54, 1.807) is 19.1 Å². The zero-order valence-corrected chi connectivity index (χ0v) is 30.9. The van der Waals surface area contributed by atoms with Crippen LogP contribution in [0, 0.1) is 26.1 Å². The zero-order valence-electron chi connectivity index (χ0n) is 28.3. The van der Waals surface area contributed by atoms with Crippen molar-refractivity contribution in [1.82, 2.24) is 10.2 Å². The van der Waals surface area contributed by atoms with E-state index >= 15 is 0 Å². The maximum Gasteiger partial charge on any atom is 0.407 e. The number of carbonyl (C=O) groups is 3. The highest BCUT2D eigenvalue weighted by Gasteiger charge is 2.69. The number of β-lactam (4-membered cyclic amide) rings is 1. The first kappa shape index (κ1) is 37.9. The maximum atomic E-state index is 13.9. The van der Waals surface area contributed by atoms with E-state index < -0.39 is 47.1 Å². The molecule has 49 heavy (non-hydrogen) atoms. The Hall–Kier alpha value is -3.93. The number of thioether (sulfide) groups is 2. The van der Waals surface area contributed by atoms with Crippen LogP contribution in [0.5, 0.6) is 0 Å². The molecule has 1 saturated heterocycles. The Labute approximate surface area is 293 Å².